The van der Waals surface area contributed by atoms with Crippen molar-refractivity contribution in [2.75, 3.05) is 13.2 Å². The maximum Gasteiger partial charge on any atom is 0.323 e. The number of nitrogens with two attached hydrogens (primary N) is 2. The van der Waals surface area contributed by atoms with Gasteiger partial charge in [-0.3, -0.25) is 18.8 Å². The standard InChI is InChI=1S/C22H24N6O7S/c1-2-35-16-7-6-15-8-13(9-19(29)28(15)12-16)20(30)25-11-18(21(31)32)27-36(33,34)17-5-3-4-14(10-17)26-22(23)24/h3-10,12,18,27H,2,11H2,1H3,(H,25,30)(H,31,32)(H4,23,24,26). The van der Waals surface area contributed by atoms with Crippen molar-refractivity contribution in [1.29, 1.82) is 0 Å². The summed E-state index contributed by atoms with van der Waals surface area (Å²) in [6.07, 6.45) is 1.49. The van der Waals surface area contributed by atoms with Gasteiger partial charge in [0.15, 0.2) is 5.96 Å². The Morgan fingerprint density at radius 1 is 1.17 bits per heavy atom. The fraction of sp³-hybridized carbons (Fsp3) is 0.182. The smallest absolute Gasteiger partial charge is 0.323 e. The van der Waals surface area contributed by atoms with Gasteiger partial charge in [-0.15, -0.1) is 0 Å². The summed E-state index contributed by atoms with van der Waals surface area (Å²) in [7, 11) is -4.32. The van der Waals surface area contributed by atoms with Gasteiger partial charge in [0.1, 0.15) is 11.8 Å². The number of aliphatic imine (C=N–C) groups is 1. The number of pyridine rings is 2. The van der Waals surface area contributed by atoms with Gasteiger partial charge in [0.2, 0.25) is 10.0 Å². The number of aromatic nitrogens is 1. The molecule has 36 heavy (non-hydrogen) atoms. The van der Waals surface area contributed by atoms with Gasteiger partial charge in [-0.05, 0) is 43.3 Å². The van der Waals surface area contributed by atoms with Gasteiger partial charge in [0.05, 0.1) is 23.4 Å². The summed E-state index contributed by atoms with van der Waals surface area (Å²) >= 11 is 0. The number of aliphatic carboxylic acids is 1. The first-order valence-corrected chi connectivity index (χ1v) is 12.0. The first-order chi connectivity index (χ1) is 17.0. The van der Waals surface area contributed by atoms with Crippen LogP contribution in [0, 0.1) is 0 Å². The number of benzene rings is 1. The average molecular weight is 517 g/mol. The van der Waals surface area contributed by atoms with E-state index in [4.69, 9.17) is 16.2 Å². The number of guanidine groups is 1. The zero-order valence-electron chi connectivity index (χ0n) is 19.0. The van der Waals surface area contributed by atoms with Crippen molar-refractivity contribution >= 4 is 39.1 Å². The molecular formula is C22H24N6O7S. The molecule has 3 aromatic rings. The molecule has 0 aliphatic rings. The molecule has 1 unspecified atom stereocenters. The van der Waals surface area contributed by atoms with Gasteiger partial charge in [-0.2, -0.15) is 4.72 Å². The number of carbonyl (C=O) groups excluding carboxylic acids is 1. The van der Waals surface area contributed by atoms with Crippen molar-refractivity contribution < 1.29 is 27.9 Å². The highest BCUT2D eigenvalue weighted by Gasteiger charge is 2.26. The van der Waals surface area contributed by atoms with Crippen LogP contribution in [0.3, 0.4) is 0 Å². The Labute approximate surface area is 205 Å². The fourth-order valence-corrected chi connectivity index (χ4v) is 4.42. The summed E-state index contributed by atoms with van der Waals surface area (Å²) in [5.74, 6) is -2.10. The van der Waals surface area contributed by atoms with Gasteiger partial charge in [0.25, 0.3) is 11.5 Å². The maximum atomic E-state index is 12.7. The predicted molar refractivity (Wildman–Crippen MR) is 131 cm³/mol. The molecule has 1 aromatic carbocycles. The van der Waals surface area contributed by atoms with Crippen molar-refractivity contribution in [3.63, 3.8) is 0 Å². The van der Waals surface area contributed by atoms with E-state index in [0.717, 1.165) is 12.1 Å². The summed E-state index contributed by atoms with van der Waals surface area (Å²) < 4.78 is 34.1. The second-order valence-corrected chi connectivity index (χ2v) is 9.15. The summed E-state index contributed by atoms with van der Waals surface area (Å²) in [6.45, 7) is 1.62. The third kappa shape index (κ3) is 6.37. The van der Waals surface area contributed by atoms with E-state index in [1.54, 1.807) is 19.1 Å². The maximum absolute atomic E-state index is 12.7. The lowest BCUT2D eigenvalue weighted by atomic mass is 10.2. The van der Waals surface area contributed by atoms with Crippen molar-refractivity contribution in [2.45, 2.75) is 17.9 Å². The first-order valence-electron chi connectivity index (χ1n) is 10.5. The minimum atomic E-state index is -4.32. The second kappa shape index (κ2) is 10.9. The van der Waals surface area contributed by atoms with Gasteiger partial charge in [-0.1, -0.05) is 6.07 Å². The van der Waals surface area contributed by atoms with Crippen LogP contribution in [0.4, 0.5) is 5.69 Å². The Morgan fingerprint density at radius 2 is 1.92 bits per heavy atom. The van der Waals surface area contributed by atoms with Crippen LogP contribution in [0.25, 0.3) is 5.52 Å². The average Bonchev–Trinajstić information content (AvgIpc) is 2.81. The van der Waals surface area contributed by atoms with E-state index in [9.17, 15) is 27.9 Å². The SMILES string of the molecule is CCOc1ccc2cc(C(=O)NCC(NS(=O)(=O)c3cccc(N=C(N)N)c3)C(=O)O)cc(=O)n2c1. The van der Waals surface area contributed by atoms with Crippen LogP contribution in [0.1, 0.15) is 17.3 Å². The number of nitrogens with zero attached hydrogens (tertiary/aromatic N) is 2. The normalized spacial score (nSPS) is 12.0. The van der Waals surface area contributed by atoms with E-state index in [0.29, 0.717) is 17.9 Å². The molecule has 7 N–H and O–H groups in total. The second-order valence-electron chi connectivity index (χ2n) is 7.43. The molecule has 0 saturated heterocycles. The number of fused-ring (bicyclic) bond motifs is 1. The number of hydrogen-bond acceptors (Lipinski definition) is 7. The zero-order chi connectivity index (χ0) is 26.5. The largest absolute Gasteiger partial charge is 0.492 e. The molecule has 2 aromatic heterocycles. The van der Waals surface area contributed by atoms with Crippen molar-refractivity contribution in [2.24, 2.45) is 16.5 Å². The molecule has 0 bridgehead atoms. The van der Waals surface area contributed by atoms with E-state index in [1.165, 1.54) is 34.9 Å². The Bertz CT molecular complexity index is 1500. The number of carbonyl (C=O) groups is 2. The van der Waals surface area contributed by atoms with E-state index < -0.39 is 40.0 Å². The highest BCUT2D eigenvalue weighted by molar-refractivity contribution is 7.89. The first kappa shape index (κ1) is 26.2. The summed E-state index contributed by atoms with van der Waals surface area (Å²) in [4.78, 5) is 40.3. The monoisotopic (exact) mass is 516 g/mol. The van der Waals surface area contributed by atoms with Crippen LogP contribution in [-0.2, 0) is 14.8 Å². The molecule has 0 aliphatic heterocycles. The molecule has 13 nitrogen and oxygen atoms in total. The van der Waals surface area contributed by atoms with Crippen LogP contribution in [0.2, 0.25) is 0 Å². The summed E-state index contributed by atoms with van der Waals surface area (Å²) in [5.41, 5.74) is 10.6. The van der Waals surface area contributed by atoms with E-state index in [-0.39, 0.29) is 22.1 Å². The van der Waals surface area contributed by atoms with Crippen molar-refractivity contribution in [3.8, 4) is 5.75 Å². The molecule has 0 fully saturated rings. The van der Waals surface area contributed by atoms with Crippen molar-refractivity contribution in [1.82, 2.24) is 14.4 Å². The van der Waals surface area contributed by atoms with Crippen LogP contribution < -0.4 is 31.8 Å². The van der Waals surface area contributed by atoms with Gasteiger partial charge >= 0.3 is 5.97 Å². The van der Waals surface area contributed by atoms with Crippen LogP contribution >= 0.6 is 0 Å². The molecule has 2 heterocycles. The Morgan fingerprint density at radius 3 is 2.58 bits per heavy atom. The third-order valence-corrected chi connectivity index (χ3v) is 6.26. The molecule has 1 atom stereocenters. The lowest BCUT2D eigenvalue weighted by Crippen LogP contribution is -2.48. The molecular weight excluding hydrogens is 492 g/mol. The molecule has 14 heteroatoms. The molecule has 0 spiro atoms. The number of hydrogen-bond donors (Lipinski definition) is 5. The minimum absolute atomic E-state index is 0.0268. The lowest BCUT2D eigenvalue weighted by Gasteiger charge is -2.16. The van der Waals surface area contributed by atoms with E-state index in [2.05, 4.69) is 10.3 Å². The van der Waals surface area contributed by atoms with E-state index >= 15 is 0 Å². The number of amides is 1. The predicted octanol–water partition coefficient (Wildman–Crippen LogP) is -0.235. The highest BCUT2D eigenvalue weighted by atomic mass is 32.2. The molecule has 0 saturated carbocycles. The molecule has 0 aliphatic carbocycles. The Hall–Kier alpha value is -4.43. The topological polar surface area (TPSA) is 208 Å². The van der Waals surface area contributed by atoms with Crippen LogP contribution in [0.5, 0.6) is 5.75 Å². The van der Waals surface area contributed by atoms with E-state index in [1.807, 2.05) is 4.72 Å². The number of carboxylic acids is 1. The van der Waals surface area contributed by atoms with Crippen LogP contribution in [-0.4, -0.2) is 55.0 Å². The van der Waals surface area contributed by atoms with Crippen LogP contribution in [0.15, 0.2) is 69.4 Å². The Kier molecular flexibility index (Phi) is 7.91. The number of rotatable bonds is 10. The minimum Gasteiger partial charge on any atom is -0.492 e. The quantitative estimate of drug-likeness (QED) is 0.178. The van der Waals surface area contributed by atoms with Crippen molar-refractivity contribution in [3.05, 3.63) is 70.6 Å². The summed E-state index contributed by atoms with van der Waals surface area (Å²) in [5, 5.41) is 11.8. The number of nitrogens with one attached hydrogen (secondary N) is 2. The number of carboxylic acid groups (broad SMARTS) is 1. The molecule has 3 rings (SSSR count). The molecule has 1 amide bonds. The van der Waals surface area contributed by atoms with Gasteiger partial charge in [0, 0.05) is 23.7 Å². The number of ether oxygens (including phenoxy) is 1. The fourth-order valence-electron chi connectivity index (χ4n) is 3.19. The lowest BCUT2D eigenvalue weighted by molar-refractivity contribution is -0.138. The van der Waals surface area contributed by atoms with Gasteiger partial charge < -0.3 is 26.6 Å². The highest BCUT2D eigenvalue weighted by Crippen LogP contribution is 2.18. The number of sulfonamides is 1. The Balaban J connectivity index is 1.76. The third-order valence-electron chi connectivity index (χ3n) is 4.79. The molecule has 190 valence electrons. The van der Waals surface area contributed by atoms with Gasteiger partial charge in [-0.25, -0.2) is 13.4 Å². The summed E-state index contributed by atoms with van der Waals surface area (Å²) in [6, 6.07) is 9.24. The molecule has 0 radical (unpaired) electrons. The zero-order valence-corrected chi connectivity index (χ0v) is 19.9.